The smallest absolute Gasteiger partial charge is 0.187 e. The number of ether oxygens (including phenoxy) is 16. The Balaban J connectivity index is 0.976. The van der Waals surface area contributed by atoms with E-state index in [4.69, 9.17) is 75.8 Å². The first-order valence-corrected chi connectivity index (χ1v) is 25.8. The minimum atomic E-state index is -0.931. The SMILES string of the molecule is COC[C@H]1O[C@@H](O[C@H]2CC[C@@]3(C)C(=CC[C@H]4[C@@H]5C[C@@H]6O[C@]7(CC[C@H](C)CO7)[C@@H](C)[C@@H]6[C@@]5(C)CC[C@@H]43)C2)[C@H](O[C@@H]2O[C@@H](C)[C@H](OC)[C@@H](OC)[C@H]2OC)[C@@H](O[C@@H]2OC[C@@H](OC)[C@H](OC)[C@H]2OC)[C@@H]1OC. The fourth-order valence-electron chi connectivity index (χ4n) is 15.7. The molecule has 16 nitrogen and oxygen atoms in total. The van der Waals surface area contributed by atoms with Crippen LogP contribution in [0.4, 0.5) is 0 Å². The summed E-state index contributed by atoms with van der Waals surface area (Å²) < 4.78 is 103. The van der Waals surface area contributed by atoms with Crippen molar-refractivity contribution in [2.45, 2.75) is 196 Å². The number of fused-ring (bicyclic) bond motifs is 7. The molecule has 5 saturated heterocycles. The van der Waals surface area contributed by atoms with Crippen molar-refractivity contribution in [3.05, 3.63) is 11.6 Å². The van der Waals surface area contributed by atoms with Crippen molar-refractivity contribution in [3.8, 4) is 0 Å². The molecule has 8 fully saturated rings. The average molecular weight is 967 g/mol. The standard InChI is InChI=1S/C52H86O16/c1-27-16-21-52(62-24-27)28(2)38-35(68-52)23-34-32-15-14-30-22-31(17-19-50(30,4)33(32)18-20-51(34,38)5)64-49-46(67-48-45(60-13)42(58-11)39(55-8)29(3)63-48)43(41(57-10)37(65-49)25-53-6)66-47-44(59-12)40(56-9)36(54-7)26-61-47/h14,27-29,31-49H,15-26H2,1-13H3/t27-,28-,29-,31-,32+,33-,34-,35-,36+,37+,38-,39-,40-,41+,42+,43-,44+,45+,46+,47-,48-,49+,50-,51-,52+/m0/s1. The van der Waals surface area contributed by atoms with Gasteiger partial charge in [-0.1, -0.05) is 39.3 Å². The van der Waals surface area contributed by atoms with Gasteiger partial charge in [0.25, 0.3) is 0 Å². The molecule has 3 saturated carbocycles. The van der Waals surface area contributed by atoms with Crippen LogP contribution in [0.1, 0.15) is 92.4 Å². The van der Waals surface area contributed by atoms with E-state index in [0.717, 1.165) is 45.1 Å². The van der Waals surface area contributed by atoms with Gasteiger partial charge in [-0.15, -0.1) is 0 Å². The van der Waals surface area contributed by atoms with Gasteiger partial charge in [-0.25, -0.2) is 0 Å². The zero-order valence-electron chi connectivity index (χ0n) is 43.3. The molecule has 5 heterocycles. The Labute approximate surface area is 405 Å². The molecule has 5 aliphatic heterocycles. The molecule has 0 amide bonds. The van der Waals surface area contributed by atoms with Crippen molar-refractivity contribution >= 4 is 0 Å². The lowest BCUT2D eigenvalue weighted by molar-refractivity contribution is -0.394. The predicted molar refractivity (Wildman–Crippen MR) is 247 cm³/mol. The second-order valence-electron chi connectivity index (χ2n) is 22.4. The molecule has 0 aromatic heterocycles. The molecular formula is C52H86O16. The van der Waals surface area contributed by atoms with Crippen LogP contribution in [0.3, 0.4) is 0 Å². The maximum absolute atomic E-state index is 7.26. The molecule has 16 heteroatoms. The first-order chi connectivity index (χ1) is 32.8. The Morgan fingerprint density at radius 2 is 1.32 bits per heavy atom. The van der Waals surface area contributed by atoms with E-state index in [2.05, 4.69) is 33.8 Å². The lowest BCUT2D eigenvalue weighted by Crippen LogP contribution is -2.67. The topological polar surface area (TPSA) is 148 Å². The molecule has 68 heavy (non-hydrogen) atoms. The van der Waals surface area contributed by atoms with Crippen molar-refractivity contribution in [2.75, 3.05) is 76.7 Å². The number of allylic oxidation sites excluding steroid dienone is 1. The van der Waals surface area contributed by atoms with Crippen LogP contribution in [0, 0.1) is 46.3 Å². The second-order valence-corrected chi connectivity index (χ2v) is 22.4. The fraction of sp³-hybridized carbons (Fsp3) is 0.962. The molecule has 390 valence electrons. The zero-order valence-corrected chi connectivity index (χ0v) is 43.3. The first-order valence-electron chi connectivity index (χ1n) is 25.8. The summed E-state index contributed by atoms with van der Waals surface area (Å²) in [5, 5.41) is 0. The van der Waals surface area contributed by atoms with Gasteiger partial charge in [0, 0.05) is 69.2 Å². The van der Waals surface area contributed by atoms with E-state index in [0.29, 0.717) is 35.5 Å². The summed E-state index contributed by atoms with van der Waals surface area (Å²) in [5.41, 5.74) is 1.84. The Morgan fingerprint density at radius 1 is 0.632 bits per heavy atom. The fourth-order valence-corrected chi connectivity index (χ4v) is 15.7. The number of hydrogen-bond donors (Lipinski definition) is 0. The van der Waals surface area contributed by atoms with Crippen LogP contribution in [-0.2, 0) is 75.8 Å². The summed E-state index contributed by atoms with van der Waals surface area (Å²) >= 11 is 0. The van der Waals surface area contributed by atoms with Gasteiger partial charge in [0.15, 0.2) is 24.7 Å². The van der Waals surface area contributed by atoms with Gasteiger partial charge in [0.05, 0.1) is 38.1 Å². The van der Waals surface area contributed by atoms with E-state index in [1.54, 1.807) is 56.9 Å². The van der Waals surface area contributed by atoms with Crippen LogP contribution in [0.15, 0.2) is 11.6 Å². The molecule has 25 atom stereocenters. The maximum atomic E-state index is 7.26. The lowest BCUT2D eigenvalue weighted by Gasteiger charge is -2.59. The highest BCUT2D eigenvalue weighted by Gasteiger charge is 2.69. The third-order valence-electron chi connectivity index (χ3n) is 19.2. The normalized spacial score (nSPS) is 52.5. The zero-order chi connectivity index (χ0) is 48.3. The lowest BCUT2D eigenvalue weighted by atomic mass is 9.47. The second kappa shape index (κ2) is 21.1. The molecular weight excluding hydrogens is 881 g/mol. The summed E-state index contributed by atoms with van der Waals surface area (Å²) in [6, 6.07) is 0. The van der Waals surface area contributed by atoms with E-state index in [1.165, 1.54) is 24.8 Å². The minimum Gasteiger partial charge on any atom is -0.382 e. The van der Waals surface area contributed by atoms with Crippen molar-refractivity contribution in [2.24, 2.45) is 46.3 Å². The minimum absolute atomic E-state index is 0.0864. The van der Waals surface area contributed by atoms with E-state index >= 15 is 0 Å². The van der Waals surface area contributed by atoms with Crippen molar-refractivity contribution < 1.29 is 75.8 Å². The van der Waals surface area contributed by atoms with Gasteiger partial charge in [-0.2, -0.15) is 0 Å². The summed E-state index contributed by atoms with van der Waals surface area (Å²) in [4.78, 5) is 0. The average Bonchev–Trinajstić information content (AvgIpc) is 3.78. The molecule has 4 aliphatic carbocycles. The van der Waals surface area contributed by atoms with Crippen LogP contribution >= 0.6 is 0 Å². The van der Waals surface area contributed by atoms with Crippen LogP contribution < -0.4 is 0 Å². The highest BCUT2D eigenvalue weighted by molar-refractivity contribution is 5.26. The molecule has 0 N–H and O–H groups in total. The highest BCUT2D eigenvalue weighted by atomic mass is 16.8. The van der Waals surface area contributed by atoms with E-state index in [-0.39, 0.29) is 42.4 Å². The summed E-state index contributed by atoms with van der Waals surface area (Å²) in [6.45, 7) is 13.1. The summed E-state index contributed by atoms with van der Waals surface area (Å²) in [6.07, 6.45) is 3.07. The molecule has 0 unspecified atom stereocenters. The maximum Gasteiger partial charge on any atom is 0.187 e. The summed E-state index contributed by atoms with van der Waals surface area (Å²) in [7, 11) is 13.0. The quantitative estimate of drug-likeness (QED) is 0.174. The predicted octanol–water partition coefficient (Wildman–Crippen LogP) is 6.09. The monoisotopic (exact) mass is 967 g/mol. The first kappa shape index (κ1) is 52.0. The van der Waals surface area contributed by atoms with Crippen LogP contribution in [0.2, 0.25) is 0 Å². The molecule has 0 bridgehead atoms. The van der Waals surface area contributed by atoms with Crippen molar-refractivity contribution in [3.63, 3.8) is 0 Å². The Bertz CT molecular complexity index is 1700. The van der Waals surface area contributed by atoms with E-state index < -0.39 is 85.7 Å². The Kier molecular flexibility index (Phi) is 16.2. The Morgan fingerprint density at radius 3 is 1.99 bits per heavy atom. The molecule has 0 aromatic carbocycles. The molecule has 9 rings (SSSR count). The van der Waals surface area contributed by atoms with Crippen LogP contribution in [-0.4, -0.2) is 181 Å². The molecule has 0 aromatic rings. The van der Waals surface area contributed by atoms with Gasteiger partial charge < -0.3 is 75.8 Å². The van der Waals surface area contributed by atoms with Gasteiger partial charge in [-0.3, -0.25) is 0 Å². The van der Waals surface area contributed by atoms with Crippen LogP contribution in [0.5, 0.6) is 0 Å². The molecule has 0 radical (unpaired) electrons. The third kappa shape index (κ3) is 8.93. The highest BCUT2D eigenvalue weighted by Crippen LogP contribution is 2.70. The van der Waals surface area contributed by atoms with Gasteiger partial charge >= 0.3 is 0 Å². The van der Waals surface area contributed by atoms with Gasteiger partial charge in [-0.05, 0) is 98.7 Å². The van der Waals surface area contributed by atoms with E-state index in [1.807, 2.05) is 6.92 Å². The number of rotatable bonds is 15. The van der Waals surface area contributed by atoms with Crippen LogP contribution in [0.25, 0.3) is 0 Å². The number of hydrogen-bond acceptors (Lipinski definition) is 16. The molecule has 1 spiro atoms. The summed E-state index contributed by atoms with van der Waals surface area (Å²) in [5.74, 6) is 3.05. The number of methoxy groups -OCH3 is 8. The largest absolute Gasteiger partial charge is 0.382 e. The third-order valence-corrected chi connectivity index (χ3v) is 19.2. The molecule has 9 aliphatic rings. The van der Waals surface area contributed by atoms with E-state index in [9.17, 15) is 0 Å². The van der Waals surface area contributed by atoms with Gasteiger partial charge in [0.1, 0.15) is 61.0 Å². The Hall–Kier alpha value is -0.900. The van der Waals surface area contributed by atoms with Crippen molar-refractivity contribution in [1.29, 1.82) is 0 Å². The van der Waals surface area contributed by atoms with Gasteiger partial charge in [0.2, 0.25) is 0 Å². The van der Waals surface area contributed by atoms with Crippen molar-refractivity contribution in [1.82, 2.24) is 0 Å².